The molecular weight excluding hydrogens is 409 g/mol. The van der Waals surface area contributed by atoms with E-state index < -0.39 is 0 Å². The lowest BCUT2D eigenvalue weighted by atomic mass is 10.0. The number of thioether (sulfide) groups is 1. The Labute approximate surface area is 159 Å². The molecule has 0 spiro atoms. The molecule has 2 heterocycles. The fraction of sp³-hybridized carbons (Fsp3) is 0.529. The average Bonchev–Trinajstić information content (AvgIpc) is 3.12. The second-order valence-corrected chi connectivity index (χ2v) is 8.51. The number of hydrogen-bond donors (Lipinski definition) is 3. The van der Waals surface area contributed by atoms with Crippen molar-refractivity contribution in [2.45, 2.75) is 49.6 Å². The van der Waals surface area contributed by atoms with Crippen molar-refractivity contribution in [2.24, 2.45) is 0 Å². The van der Waals surface area contributed by atoms with Gasteiger partial charge in [-0.05, 0) is 36.6 Å². The number of urea groups is 1. The van der Waals surface area contributed by atoms with Gasteiger partial charge in [0.05, 0.1) is 12.1 Å². The van der Waals surface area contributed by atoms with Crippen molar-refractivity contribution in [3.8, 4) is 0 Å². The normalized spacial score (nSPS) is 24.6. The summed E-state index contributed by atoms with van der Waals surface area (Å²) < 4.78 is 14.0. The first-order chi connectivity index (χ1) is 12.0. The first kappa shape index (κ1) is 18.5. The number of halogens is 2. The number of fused-ring (bicyclic) bond motifs is 1. The molecule has 3 rings (SSSR count). The van der Waals surface area contributed by atoms with Crippen molar-refractivity contribution < 1.29 is 14.0 Å². The summed E-state index contributed by atoms with van der Waals surface area (Å²) in [6, 6.07) is 4.83. The lowest BCUT2D eigenvalue weighted by Crippen LogP contribution is -2.36. The zero-order valence-corrected chi connectivity index (χ0v) is 16.1. The second-order valence-electron chi connectivity index (χ2n) is 6.38. The van der Waals surface area contributed by atoms with E-state index >= 15 is 0 Å². The minimum atomic E-state index is -0.312. The first-order valence-corrected chi connectivity index (χ1v) is 10.3. The van der Waals surface area contributed by atoms with Crippen LogP contribution in [-0.2, 0) is 11.3 Å². The van der Waals surface area contributed by atoms with Crippen LogP contribution in [0.15, 0.2) is 22.7 Å². The lowest BCUT2D eigenvalue weighted by molar-refractivity contribution is -0.121. The van der Waals surface area contributed by atoms with Crippen LogP contribution in [0.3, 0.4) is 0 Å². The van der Waals surface area contributed by atoms with E-state index in [2.05, 4.69) is 31.9 Å². The maximum absolute atomic E-state index is 13.2. The molecule has 3 amide bonds. The molecule has 1 aromatic rings. The molecule has 3 atom stereocenters. The maximum Gasteiger partial charge on any atom is 0.315 e. The van der Waals surface area contributed by atoms with Gasteiger partial charge in [-0.15, -0.1) is 0 Å². The number of nitrogens with one attached hydrogen (secondary N) is 3. The molecular formula is C17H21BrFN3O2S. The second kappa shape index (κ2) is 8.40. The van der Waals surface area contributed by atoms with Gasteiger partial charge in [-0.2, -0.15) is 11.8 Å². The highest BCUT2D eigenvalue weighted by molar-refractivity contribution is 9.10. The van der Waals surface area contributed by atoms with E-state index in [-0.39, 0.29) is 29.8 Å². The van der Waals surface area contributed by atoms with Gasteiger partial charge in [-0.1, -0.05) is 22.4 Å². The number of carbonyl (C=O) groups is 2. The Morgan fingerprint density at radius 2 is 2.20 bits per heavy atom. The Kier molecular flexibility index (Phi) is 6.22. The molecule has 1 aromatic carbocycles. The minimum absolute atomic E-state index is 0.0241. The largest absolute Gasteiger partial charge is 0.352 e. The molecule has 0 aliphatic carbocycles. The van der Waals surface area contributed by atoms with Crippen LogP contribution in [0.1, 0.15) is 31.2 Å². The van der Waals surface area contributed by atoms with Crippen LogP contribution in [0.4, 0.5) is 9.18 Å². The molecule has 0 radical (unpaired) electrons. The van der Waals surface area contributed by atoms with Gasteiger partial charge in [-0.3, -0.25) is 4.79 Å². The third kappa shape index (κ3) is 4.88. The molecule has 5 nitrogen and oxygen atoms in total. The van der Waals surface area contributed by atoms with E-state index in [1.807, 2.05) is 11.8 Å². The summed E-state index contributed by atoms with van der Waals surface area (Å²) in [4.78, 5) is 23.3. The highest BCUT2D eigenvalue weighted by Gasteiger charge is 2.42. The molecule has 8 heteroatoms. The van der Waals surface area contributed by atoms with Crippen LogP contribution >= 0.6 is 27.7 Å². The molecule has 3 unspecified atom stereocenters. The van der Waals surface area contributed by atoms with E-state index in [0.29, 0.717) is 18.2 Å². The quantitative estimate of drug-likeness (QED) is 0.460. The van der Waals surface area contributed by atoms with Gasteiger partial charge < -0.3 is 16.0 Å². The van der Waals surface area contributed by atoms with Crippen molar-refractivity contribution in [1.29, 1.82) is 0 Å². The minimum Gasteiger partial charge on any atom is -0.352 e. The van der Waals surface area contributed by atoms with Gasteiger partial charge >= 0.3 is 6.03 Å². The van der Waals surface area contributed by atoms with E-state index in [0.717, 1.165) is 35.1 Å². The molecule has 3 N–H and O–H groups in total. The standard InChI is InChI=1S/C17H21BrFN3O2S/c18-12-6-5-11(19)7-10(12)8-20-15(23)4-2-1-3-14-16-13(9-25-14)21-17(24)22-16/h5-7,13-14,16H,1-4,8-9H2,(H,20,23)(H2,21,22,24). The summed E-state index contributed by atoms with van der Waals surface area (Å²) >= 11 is 5.24. The molecule has 2 aliphatic rings. The van der Waals surface area contributed by atoms with Crippen molar-refractivity contribution in [1.82, 2.24) is 16.0 Å². The highest BCUT2D eigenvalue weighted by Crippen LogP contribution is 2.33. The van der Waals surface area contributed by atoms with E-state index in [1.54, 1.807) is 6.07 Å². The van der Waals surface area contributed by atoms with Crippen molar-refractivity contribution >= 4 is 39.6 Å². The highest BCUT2D eigenvalue weighted by atomic mass is 79.9. The Hall–Kier alpha value is -1.28. The topological polar surface area (TPSA) is 70.2 Å². The smallest absolute Gasteiger partial charge is 0.315 e. The SMILES string of the molecule is O=C(CCCCC1SCC2NC(=O)NC21)NCc1cc(F)ccc1Br. The number of benzene rings is 1. The van der Waals surface area contributed by atoms with Gasteiger partial charge in [0.15, 0.2) is 0 Å². The van der Waals surface area contributed by atoms with Crippen LogP contribution in [0.2, 0.25) is 0 Å². The summed E-state index contributed by atoms with van der Waals surface area (Å²) in [5.74, 6) is 0.620. The molecule has 0 bridgehead atoms. The number of unbranched alkanes of at least 4 members (excludes halogenated alkanes) is 1. The van der Waals surface area contributed by atoms with Crippen LogP contribution in [0.5, 0.6) is 0 Å². The van der Waals surface area contributed by atoms with E-state index in [9.17, 15) is 14.0 Å². The Bertz CT molecular complexity index is 661. The Morgan fingerprint density at radius 3 is 3.04 bits per heavy atom. The fourth-order valence-corrected chi connectivity index (χ4v) is 5.17. The van der Waals surface area contributed by atoms with Crippen molar-refractivity contribution in [2.75, 3.05) is 5.75 Å². The summed E-state index contributed by atoms with van der Waals surface area (Å²) in [5, 5.41) is 9.16. The summed E-state index contributed by atoms with van der Waals surface area (Å²) in [7, 11) is 0. The van der Waals surface area contributed by atoms with Crippen molar-refractivity contribution in [3.63, 3.8) is 0 Å². The maximum atomic E-state index is 13.2. The van der Waals surface area contributed by atoms with E-state index in [4.69, 9.17) is 0 Å². The molecule has 136 valence electrons. The zero-order chi connectivity index (χ0) is 17.8. The lowest BCUT2D eigenvalue weighted by Gasteiger charge is -2.16. The first-order valence-electron chi connectivity index (χ1n) is 8.42. The van der Waals surface area contributed by atoms with E-state index in [1.165, 1.54) is 12.1 Å². The molecule has 2 aliphatic heterocycles. The summed E-state index contributed by atoms with van der Waals surface area (Å²) in [6.07, 6.45) is 3.22. The van der Waals surface area contributed by atoms with Crippen LogP contribution in [0, 0.1) is 5.82 Å². The zero-order valence-electron chi connectivity index (χ0n) is 13.7. The average molecular weight is 430 g/mol. The third-order valence-corrected chi connectivity index (χ3v) is 6.85. The number of rotatable bonds is 7. The number of carbonyl (C=O) groups excluding carboxylic acids is 2. The Balaban J connectivity index is 1.33. The predicted molar refractivity (Wildman–Crippen MR) is 99.9 cm³/mol. The van der Waals surface area contributed by atoms with Gasteiger partial charge in [0, 0.05) is 28.4 Å². The van der Waals surface area contributed by atoms with Gasteiger partial charge in [-0.25, -0.2) is 9.18 Å². The fourth-order valence-electron chi connectivity index (χ4n) is 3.24. The summed E-state index contributed by atoms with van der Waals surface area (Å²) in [5.41, 5.74) is 0.728. The molecule has 2 fully saturated rings. The van der Waals surface area contributed by atoms with Crippen LogP contribution in [-0.4, -0.2) is 35.0 Å². The molecule has 0 saturated carbocycles. The third-order valence-electron chi connectivity index (χ3n) is 4.56. The Morgan fingerprint density at radius 1 is 1.36 bits per heavy atom. The van der Waals surface area contributed by atoms with Crippen LogP contribution < -0.4 is 16.0 Å². The monoisotopic (exact) mass is 429 g/mol. The van der Waals surface area contributed by atoms with Crippen molar-refractivity contribution in [3.05, 3.63) is 34.1 Å². The molecule has 0 aromatic heterocycles. The number of amides is 3. The van der Waals surface area contributed by atoms with Gasteiger partial charge in [0.2, 0.25) is 5.91 Å². The summed E-state index contributed by atoms with van der Waals surface area (Å²) in [6.45, 7) is 0.317. The van der Waals surface area contributed by atoms with Gasteiger partial charge in [0.25, 0.3) is 0 Å². The predicted octanol–water partition coefficient (Wildman–Crippen LogP) is 2.93. The molecule has 25 heavy (non-hydrogen) atoms. The van der Waals surface area contributed by atoms with Crippen LogP contribution in [0.25, 0.3) is 0 Å². The van der Waals surface area contributed by atoms with Gasteiger partial charge in [0.1, 0.15) is 5.82 Å². The molecule has 2 saturated heterocycles. The number of hydrogen-bond acceptors (Lipinski definition) is 3.